The summed E-state index contributed by atoms with van der Waals surface area (Å²) in [5.41, 5.74) is 8.70. The molecule has 3 heterocycles. The number of pyridine rings is 1. The normalized spacial score (nSPS) is 17.2. The van der Waals surface area contributed by atoms with Crippen LogP contribution in [-0.4, -0.2) is 34.1 Å². The van der Waals surface area contributed by atoms with E-state index >= 15 is 0 Å². The average Bonchev–Trinajstić information content (AvgIpc) is 3.27. The summed E-state index contributed by atoms with van der Waals surface area (Å²) >= 11 is 12.1. The zero-order chi connectivity index (χ0) is 17.4. The number of hydrogen-bond acceptors (Lipinski definition) is 4. The maximum Gasteiger partial charge on any atom is 0.139 e. The summed E-state index contributed by atoms with van der Waals surface area (Å²) in [7, 11) is 0. The van der Waals surface area contributed by atoms with Gasteiger partial charge in [-0.1, -0.05) is 29.3 Å². The number of nitrogens with zero attached hydrogens (tertiary/aromatic N) is 3. The fraction of sp³-hybridized carbons (Fsp3) is 0.222. The Hall–Kier alpha value is -2.08. The number of nitrogens with two attached hydrogens (primary N) is 1. The topological polar surface area (TPSA) is 70.8 Å². The largest absolute Gasteiger partial charge is 0.355 e. The lowest BCUT2D eigenvalue weighted by atomic mass is 10.2. The summed E-state index contributed by atoms with van der Waals surface area (Å²) in [6, 6.07) is 9.76. The smallest absolute Gasteiger partial charge is 0.139 e. The molecule has 0 aliphatic carbocycles. The van der Waals surface area contributed by atoms with E-state index in [0.717, 1.165) is 48.0 Å². The second kappa shape index (κ2) is 6.67. The Labute approximate surface area is 155 Å². The Kier molecular flexibility index (Phi) is 4.37. The third kappa shape index (κ3) is 3.35. The summed E-state index contributed by atoms with van der Waals surface area (Å²) in [5, 5.41) is 1.05. The Bertz CT molecular complexity index is 891. The quantitative estimate of drug-likeness (QED) is 0.728. The van der Waals surface area contributed by atoms with Crippen molar-refractivity contribution in [3.05, 3.63) is 52.8 Å². The molecule has 5 nitrogen and oxygen atoms in total. The van der Waals surface area contributed by atoms with Crippen molar-refractivity contribution in [2.75, 3.05) is 18.0 Å². The Morgan fingerprint density at radius 3 is 2.56 bits per heavy atom. The summed E-state index contributed by atoms with van der Waals surface area (Å²) in [5.74, 6) is 1.71. The lowest BCUT2D eigenvalue weighted by Gasteiger charge is -2.16. The lowest BCUT2D eigenvalue weighted by Crippen LogP contribution is -2.26. The van der Waals surface area contributed by atoms with Crippen LogP contribution in [0.1, 0.15) is 6.42 Å². The van der Waals surface area contributed by atoms with Crippen molar-refractivity contribution in [1.29, 1.82) is 0 Å². The molecule has 4 rings (SSSR count). The Morgan fingerprint density at radius 2 is 1.88 bits per heavy atom. The number of halogens is 2. The zero-order valence-corrected chi connectivity index (χ0v) is 14.9. The van der Waals surface area contributed by atoms with Crippen LogP contribution in [0.3, 0.4) is 0 Å². The van der Waals surface area contributed by atoms with E-state index in [1.807, 2.05) is 30.5 Å². The van der Waals surface area contributed by atoms with E-state index in [1.54, 1.807) is 12.3 Å². The predicted molar refractivity (Wildman–Crippen MR) is 102 cm³/mol. The molecule has 0 radical (unpaired) electrons. The van der Waals surface area contributed by atoms with Gasteiger partial charge in [0.1, 0.15) is 11.6 Å². The third-order valence-electron chi connectivity index (χ3n) is 4.38. The summed E-state index contributed by atoms with van der Waals surface area (Å²) < 4.78 is 0. The van der Waals surface area contributed by atoms with Gasteiger partial charge in [-0.3, -0.25) is 0 Å². The van der Waals surface area contributed by atoms with Crippen molar-refractivity contribution in [3.8, 4) is 22.6 Å². The third-order valence-corrected chi connectivity index (χ3v) is 5.12. The molecule has 1 atom stereocenters. The first-order valence-corrected chi connectivity index (χ1v) is 8.83. The number of anilines is 1. The first-order valence-electron chi connectivity index (χ1n) is 8.07. The standard InChI is InChI=1S/C18H17Cl2N5/c19-14-3-1-11(7-15(14)20)16-9-23-18(24-16)12-2-4-17(22-8-12)25-6-5-13(21)10-25/h1-4,7-9,13H,5-6,10,21H2,(H,23,24). The molecule has 0 saturated carbocycles. The van der Waals surface area contributed by atoms with Gasteiger partial charge in [0.05, 0.1) is 21.9 Å². The molecule has 1 aromatic carbocycles. The van der Waals surface area contributed by atoms with Crippen LogP contribution in [0.2, 0.25) is 10.0 Å². The van der Waals surface area contributed by atoms with E-state index in [2.05, 4.69) is 19.9 Å². The van der Waals surface area contributed by atoms with Crippen LogP contribution in [0.15, 0.2) is 42.7 Å². The predicted octanol–water partition coefficient (Wildman–Crippen LogP) is 3.98. The van der Waals surface area contributed by atoms with Gasteiger partial charge in [-0.2, -0.15) is 0 Å². The summed E-state index contributed by atoms with van der Waals surface area (Å²) in [6.07, 6.45) is 4.62. The fourth-order valence-electron chi connectivity index (χ4n) is 2.99. The second-order valence-electron chi connectivity index (χ2n) is 6.17. The van der Waals surface area contributed by atoms with Gasteiger partial charge in [0.25, 0.3) is 0 Å². The molecule has 3 aromatic rings. The number of benzene rings is 1. The maximum atomic E-state index is 6.09. The first-order chi connectivity index (χ1) is 12.1. The van der Waals surface area contributed by atoms with E-state index in [4.69, 9.17) is 28.9 Å². The maximum absolute atomic E-state index is 6.09. The number of aromatic amines is 1. The van der Waals surface area contributed by atoms with Crippen LogP contribution in [0.4, 0.5) is 5.82 Å². The molecule has 2 aromatic heterocycles. The van der Waals surface area contributed by atoms with Gasteiger partial charge >= 0.3 is 0 Å². The highest BCUT2D eigenvalue weighted by atomic mass is 35.5. The van der Waals surface area contributed by atoms with Crippen molar-refractivity contribution in [1.82, 2.24) is 15.0 Å². The summed E-state index contributed by atoms with van der Waals surface area (Å²) in [6.45, 7) is 1.81. The van der Waals surface area contributed by atoms with Crippen molar-refractivity contribution in [2.24, 2.45) is 5.73 Å². The molecule has 0 bridgehead atoms. The molecule has 3 N–H and O–H groups in total. The Morgan fingerprint density at radius 1 is 1.04 bits per heavy atom. The van der Waals surface area contributed by atoms with Gasteiger partial charge in [-0.05, 0) is 30.7 Å². The minimum atomic E-state index is 0.236. The number of hydrogen-bond donors (Lipinski definition) is 2. The minimum absolute atomic E-state index is 0.236. The number of aromatic nitrogens is 3. The molecule has 1 fully saturated rings. The van der Waals surface area contributed by atoms with E-state index in [-0.39, 0.29) is 6.04 Å². The first kappa shape index (κ1) is 16.4. The molecule has 0 amide bonds. The van der Waals surface area contributed by atoms with E-state index in [0.29, 0.717) is 10.0 Å². The van der Waals surface area contributed by atoms with Crippen LogP contribution in [0.5, 0.6) is 0 Å². The van der Waals surface area contributed by atoms with Crippen LogP contribution < -0.4 is 10.6 Å². The van der Waals surface area contributed by atoms with E-state index < -0.39 is 0 Å². The van der Waals surface area contributed by atoms with Gasteiger partial charge in [-0.25, -0.2) is 9.97 Å². The highest BCUT2D eigenvalue weighted by molar-refractivity contribution is 6.42. The molecule has 1 aliphatic heterocycles. The monoisotopic (exact) mass is 373 g/mol. The fourth-order valence-corrected chi connectivity index (χ4v) is 3.28. The van der Waals surface area contributed by atoms with Crippen LogP contribution >= 0.6 is 23.2 Å². The molecule has 25 heavy (non-hydrogen) atoms. The number of imidazole rings is 1. The zero-order valence-electron chi connectivity index (χ0n) is 13.4. The van der Waals surface area contributed by atoms with E-state index in [1.165, 1.54) is 0 Å². The molecule has 7 heteroatoms. The van der Waals surface area contributed by atoms with Crippen LogP contribution in [-0.2, 0) is 0 Å². The highest BCUT2D eigenvalue weighted by Crippen LogP contribution is 2.29. The van der Waals surface area contributed by atoms with Crippen molar-refractivity contribution in [3.63, 3.8) is 0 Å². The second-order valence-corrected chi connectivity index (χ2v) is 6.99. The summed E-state index contributed by atoms with van der Waals surface area (Å²) in [4.78, 5) is 14.5. The number of nitrogens with one attached hydrogen (secondary N) is 1. The minimum Gasteiger partial charge on any atom is -0.355 e. The van der Waals surface area contributed by atoms with Gasteiger partial charge in [0.15, 0.2) is 0 Å². The molecule has 1 saturated heterocycles. The number of rotatable bonds is 3. The van der Waals surface area contributed by atoms with Gasteiger partial charge in [0, 0.05) is 36.5 Å². The number of H-pyrrole nitrogens is 1. The van der Waals surface area contributed by atoms with Gasteiger partial charge in [-0.15, -0.1) is 0 Å². The molecular formula is C18H17Cl2N5. The van der Waals surface area contributed by atoms with Crippen molar-refractivity contribution < 1.29 is 0 Å². The van der Waals surface area contributed by atoms with Gasteiger partial charge < -0.3 is 15.6 Å². The van der Waals surface area contributed by atoms with Gasteiger partial charge in [0.2, 0.25) is 0 Å². The van der Waals surface area contributed by atoms with Crippen molar-refractivity contribution >= 4 is 29.0 Å². The molecule has 0 spiro atoms. The van der Waals surface area contributed by atoms with E-state index in [9.17, 15) is 0 Å². The molecule has 128 valence electrons. The highest BCUT2D eigenvalue weighted by Gasteiger charge is 2.20. The van der Waals surface area contributed by atoms with Crippen LogP contribution in [0.25, 0.3) is 22.6 Å². The van der Waals surface area contributed by atoms with Crippen molar-refractivity contribution in [2.45, 2.75) is 12.5 Å². The SMILES string of the molecule is NC1CCN(c2ccc(-c3ncc(-c4ccc(Cl)c(Cl)c4)[nH]3)cn2)C1. The van der Waals surface area contributed by atoms with Crippen LogP contribution in [0, 0.1) is 0 Å². The molecular weight excluding hydrogens is 357 g/mol. The molecule has 1 aliphatic rings. The molecule has 1 unspecified atom stereocenters. The average molecular weight is 374 g/mol. The Balaban J connectivity index is 1.56. The lowest BCUT2D eigenvalue weighted by molar-refractivity contribution is 0.751.